The topological polar surface area (TPSA) is 64.6 Å². The lowest BCUT2D eigenvalue weighted by atomic mass is 10.1. The Kier molecular flexibility index (Phi) is 5.84. The number of fused-ring (bicyclic) bond motifs is 1. The number of nitrogens with zero attached hydrogens (tertiary/aromatic N) is 3. The minimum Gasteiger partial charge on any atom is -0.497 e. The molecule has 0 saturated heterocycles. The molecule has 1 amide bonds. The van der Waals surface area contributed by atoms with Gasteiger partial charge < -0.3 is 14.4 Å². The molecule has 1 aromatic carbocycles. The second kappa shape index (κ2) is 8.14. The van der Waals surface area contributed by atoms with Crippen molar-refractivity contribution in [1.29, 1.82) is 0 Å². The Morgan fingerprint density at radius 1 is 1.18 bits per heavy atom. The molecule has 3 aromatic rings. The number of aryl methyl sites for hydroxylation is 3. The number of thiophene rings is 1. The van der Waals surface area contributed by atoms with Crippen LogP contribution in [0.3, 0.4) is 0 Å². The maximum atomic E-state index is 13.2. The molecule has 0 aliphatic carbocycles. The van der Waals surface area contributed by atoms with E-state index in [1.165, 1.54) is 11.3 Å². The van der Waals surface area contributed by atoms with Crippen LogP contribution >= 0.6 is 11.3 Å². The highest BCUT2D eigenvalue weighted by Gasteiger charge is 2.22. The number of benzene rings is 1. The normalized spacial score (nSPS) is 10.9. The lowest BCUT2D eigenvalue weighted by molar-refractivity contribution is 0.0788. The highest BCUT2D eigenvalue weighted by Crippen LogP contribution is 2.33. The van der Waals surface area contributed by atoms with Gasteiger partial charge in [0.05, 0.1) is 19.1 Å². The predicted octanol–water partition coefficient (Wildman–Crippen LogP) is 4.16. The zero-order valence-electron chi connectivity index (χ0n) is 17.1. The molecule has 2 aromatic heterocycles. The van der Waals surface area contributed by atoms with Crippen molar-refractivity contribution in [2.75, 3.05) is 21.3 Å². The third kappa shape index (κ3) is 3.67. The molecule has 2 heterocycles. The molecule has 6 nitrogen and oxygen atoms in total. The SMILES string of the molecule is CCc1nc(C)c2c(C)c(C(=O)N(C)Cc3ccc(OC)cc3OC)sc2n1. The van der Waals surface area contributed by atoms with Crippen LogP contribution in [0.4, 0.5) is 0 Å². The Bertz CT molecular complexity index is 1030. The molecule has 148 valence electrons. The van der Waals surface area contributed by atoms with Crippen molar-refractivity contribution < 1.29 is 14.3 Å². The van der Waals surface area contributed by atoms with Gasteiger partial charge in [-0.15, -0.1) is 11.3 Å². The number of aromatic nitrogens is 2. The third-order valence-corrected chi connectivity index (χ3v) is 5.95. The van der Waals surface area contributed by atoms with Gasteiger partial charge in [0, 0.05) is 42.7 Å². The summed E-state index contributed by atoms with van der Waals surface area (Å²) in [6, 6.07) is 5.61. The molecule has 0 saturated carbocycles. The van der Waals surface area contributed by atoms with E-state index in [4.69, 9.17) is 9.47 Å². The van der Waals surface area contributed by atoms with Crippen molar-refractivity contribution >= 4 is 27.5 Å². The van der Waals surface area contributed by atoms with Crippen molar-refractivity contribution in [3.8, 4) is 11.5 Å². The van der Waals surface area contributed by atoms with Gasteiger partial charge in [0.25, 0.3) is 5.91 Å². The van der Waals surface area contributed by atoms with Crippen LogP contribution in [0.5, 0.6) is 11.5 Å². The first kappa shape index (κ1) is 20.1. The van der Waals surface area contributed by atoms with E-state index in [-0.39, 0.29) is 5.91 Å². The van der Waals surface area contributed by atoms with Crippen LogP contribution in [0.15, 0.2) is 18.2 Å². The van der Waals surface area contributed by atoms with Gasteiger partial charge >= 0.3 is 0 Å². The van der Waals surface area contributed by atoms with E-state index in [1.807, 2.05) is 39.0 Å². The number of carbonyl (C=O) groups excluding carboxylic acids is 1. The fourth-order valence-electron chi connectivity index (χ4n) is 3.24. The minimum atomic E-state index is -0.0316. The zero-order chi connectivity index (χ0) is 20.4. The van der Waals surface area contributed by atoms with E-state index in [2.05, 4.69) is 9.97 Å². The fraction of sp³-hybridized carbons (Fsp3) is 0.381. The van der Waals surface area contributed by atoms with Crippen LogP contribution in [-0.2, 0) is 13.0 Å². The molecular weight excluding hydrogens is 374 g/mol. The van der Waals surface area contributed by atoms with Crippen molar-refractivity contribution in [2.45, 2.75) is 33.7 Å². The molecule has 0 spiro atoms. The van der Waals surface area contributed by atoms with Crippen LogP contribution in [-0.4, -0.2) is 42.0 Å². The Morgan fingerprint density at radius 2 is 1.93 bits per heavy atom. The summed E-state index contributed by atoms with van der Waals surface area (Å²) < 4.78 is 10.7. The highest BCUT2D eigenvalue weighted by molar-refractivity contribution is 7.20. The number of carbonyl (C=O) groups is 1. The summed E-state index contributed by atoms with van der Waals surface area (Å²) in [4.78, 5) is 25.6. The fourth-order valence-corrected chi connectivity index (χ4v) is 4.49. The maximum Gasteiger partial charge on any atom is 0.264 e. The molecule has 0 radical (unpaired) electrons. The molecule has 0 N–H and O–H groups in total. The Hall–Kier alpha value is -2.67. The van der Waals surface area contributed by atoms with Crippen molar-refractivity contribution in [2.24, 2.45) is 0 Å². The molecule has 0 aliphatic rings. The molecule has 0 atom stereocenters. The summed E-state index contributed by atoms with van der Waals surface area (Å²) >= 11 is 1.44. The second-order valence-corrected chi connectivity index (χ2v) is 7.65. The van der Waals surface area contributed by atoms with E-state index in [0.717, 1.165) is 45.0 Å². The molecule has 7 heteroatoms. The van der Waals surface area contributed by atoms with E-state index in [9.17, 15) is 4.79 Å². The van der Waals surface area contributed by atoms with E-state index in [1.54, 1.807) is 26.2 Å². The lowest BCUT2D eigenvalue weighted by Gasteiger charge is -2.19. The molecule has 0 aliphatic heterocycles. The molecule has 28 heavy (non-hydrogen) atoms. The summed E-state index contributed by atoms with van der Waals surface area (Å²) in [5, 5.41) is 0.987. The van der Waals surface area contributed by atoms with Crippen molar-refractivity contribution in [3.63, 3.8) is 0 Å². The number of hydrogen-bond donors (Lipinski definition) is 0. The summed E-state index contributed by atoms with van der Waals surface area (Å²) in [5.41, 5.74) is 2.79. The van der Waals surface area contributed by atoms with Crippen LogP contribution in [0.25, 0.3) is 10.2 Å². The maximum absolute atomic E-state index is 13.2. The average Bonchev–Trinajstić information content (AvgIpc) is 3.04. The molecule has 3 rings (SSSR count). The van der Waals surface area contributed by atoms with E-state index >= 15 is 0 Å². The first-order valence-electron chi connectivity index (χ1n) is 9.12. The van der Waals surface area contributed by atoms with Gasteiger partial charge in [-0.3, -0.25) is 4.79 Å². The largest absolute Gasteiger partial charge is 0.497 e. The van der Waals surface area contributed by atoms with Crippen molar-refractivity contribution in [1.82, 2.24) is 14.9 Å². The number of ether oxygens (including phenoxy) is 2. The Morgan fingerprint density at radius 3 is 2.57 bits per heavy atom. The highest BCUT2D eigenvalue weighted by atomic mass is 32.1. The van der Waals surface area contributed by atoms with Gasteiger partial charge in [-0.25, -0.2) is 9.97 Å². The number of rotatable bonds is 6. The van der Waals surface area contributed by atoms with Gasteiger partial charge in [-0.2, -0.15) is 0 Å². The molecular formula is C21H25N3O3S. The zero-order valence-corrected chi connectivity index (χ0v) is 17.9. The summed E-state index contributed by atoms with van der Waals surface area (Å²) in [6.07, 6.45) is 0.772. The summed E-state index contributed by atoms with van der Waals surface area (Å²) in [6.45, 7) is 6.41. The number of amides is 1. The number of methoxy groups -OCH3 is 2. The van der Waals surface area contributed by atoms with Gasteiger partial charge in [0.2, 0.25) is 0 Å². The van der Waals surface area contributed by atoms with Crippen LogP contribution in [0.1, 0.15) is 39.2 Å². The van der Waals surface area contributed by atoms with Gasteiger partial charge in [-0.05, 0) is 31.5 Å². The molecule has 0 fully saturated rings. The van der Waals surface area contributed by atoms with Gasteiger partial charge in [-0.1, -0.05) is 6.92 Å². The first-order chi connectivity index (χ1) is 13.4. The molecule has 0 unspecified atom stereocenters. The smallest absolute Gasteiger partial charge is 0.264 e. The summed E-state index contributed by atoms with van der Waals surface area (Å²) in [5.74, 6) is 2.19. The predicted molar refractivity (Wildman–Crippen MR) is 112 cm³/mol. The Labute approximate surface area is 169 Å². The van der Waals surface area contributed by atoms with Crippen molar-refractivity contribution in [3.05, 3.63) is 45.7 Å². The Balaban J connectivity index is 1.92. The van der Waals surface area contributed by atoms with E-state index < -0.39 is 0 Å². The standard InChI is InChI=1S/C21H25N3O3S/c1-7-17-22-13(3)18-12(2)19(28-20(18)23-17)21(25)24(4)11-14-8-9-15(26-5)10-16(14)27-6/h8-10H,7,11H2,1-6H3. The monoisotopic (exact) mass is 399 g/mol. The van der Waals surface area contributed by atoms with Crippen LogP contribution < -0.4 is 9.47 Å². The van der Waals surface area contributed by atoms with Crippen LogP contribution in [0.2, 0.25) is 0 Å². The number of hydrogen-bond acceptors (Lipinski definition) is 6. The first-order valence-corrected chi connectivity index (χ1v) is 9.94. The average molecular weight is 400 g/mol. The lowest BCUT2D eigenvalue weighted by Crippen LogP contribution is -2.26. The molecule has 0 bridgehead atoms. The van der Waals surface area contributed by atoms with E-state index in [0.29, 0.717) is 17.2 Å². The summed E-state index contributed by atoms with van der Waals surface area (Å²) in [7, 11) is 5.03. The van der Waals surface area contributed by atoms with Crippen LogP contribution in [0, 0.1) is 13.8 Å². The second-order valence-electron chi connectivity index (χ2n) is 6.65. The van der Waals surface area contributed by atoms with Gasteiger partial charge in [0.15, 0.2) is 0 Å². The minimum absolute atomic E-state index is 0.0316. The third-order valence-electron chi connectivity index (χ3n) is 4.78. The van der Waals surface area contributed by atoms with Gasteiger partial charge in [0.1, 0.15) is 22.2 Å². The quantitative estimate of drug-likeness (QED) is 0.623.